The van der Waals surface area contributed by atoms with Gasteiger partial charge in [0.05, 0.1) is 0 Å². The van der Waals surface area contributed by atoms with Crippen LogP contribution in [0.15, 0.2) is 47.4 Å². The van der Waals surface area contributed by atoms with Crippen molar-refractivity contribution < 1.29 is 12.6 Å². The third kappa shape index (κ3) is 4.43. The summed E-state index contributed by atoms with van der Waals surface area (Å²) in [6.07, 6.45) is 0. The predicted molar refractivity (Wildman–Crippen MR) is 103 cm³/mol. The maximum absolute atomic E-state index is 13.1. The van der Waals surface area contributed by atoms with Crippen molar-refractivity contribution in [3.05, 3.63) is 59.2 Å². The largest absolute Gasteiger partial charge is 0.379 e. The Morgan fingerprint density at radius 2 is 1.24 bits per heavy atom. The summed E-state index contributed by atoms with van der Waals surface area (Å²) in [5, 5.41) is 0. The number of rotatable bonds is 6. The van der Waals surface area contributed by atoms with E-state index in [0.717, 1.165) is 16.7 Å². The van der Waals surface area contributed by atoms with Crippen molar-refractivity contribution in [3.8, 4) is 5.75 Å². The van der Waals surface area contributed by atoms with E-state index in [0.29, 0.717) is 16.6 Å². The number of para-hydroxylation sites is 1. The average molecular weight is 361 g/mol. The zero-order valence-corrected chi connectivity index (χ0v) is 16.7. The first-order chi connectivity index (χ1) is 11.6. The van der Waals surface area contributed by atoms with Gasteiger partial charge in [0.25, 0.3) is 0 Å². The molecule has 136 valence electrons. The molecule has 0 bridgehead atoms. The first-order valence-electron chi connectivity index (χ1n) is 8.80. The molecule has 0 fully saturated rings. The second kappa shape index (κ2) is 7.61. The van der Waals surface area contributed by atoms with Gasteiger partial charge in [0.2, 0.25) is 0 Å². The lowest BCUT2D eigenvalue weighted by atomic mass is 9.89. The van der Waals surface area contributed by atoms with Gasteiger partial charge in [-0.1, -0.05) is 71.9 Å². The van der Waals surface area contributed by atoms with E-state index >= 15 is 0 Å². The van der Waals surface area contributed by atoms with Crippen LogP contribution in [0.4, 0.5) is 0 Å². The van der Waals surface area contributed by atoms with E-state index in [1.165, 1.54) is 0 Å². The van der Waals surface area contributed by atoms with Crippen LogP contribution in [0.3, 0.4) is 0 Å². The summed E-state index contributed by atoms with van der Waals surface area (Å²) in [4.78, 5) is 0.325. The van der Waals surface area contributed by atoms with Gasteiger partial charge in [0, 0.05) is 0 Å². The summed E-state index contributed by atoms with van der Waals surface area (Å²) < 4.78 is 31.7. The molecule has 2 aromatic rings. The summed E-state index contributed by atoms with van der Waals surface area (Å²) in [6, 6.07) is 12.7. The maximum Gasteiger partial charge on any atom is 0.339 e. The molecule has 0 saturated heterocycles. The van der Waals surface area contributed by atoms with Crippen molar-refractivity contribution >= 4 is 10.1 Å². The summed E-state index contributed by atoms with van der Waals surface area (Å²) >= 11 is 0. The Hall–Kier alpha value is -1.81. The lowest BCUT2D eigenvalue weighted by Crippen LogP contribution is -2.17. The molecule has 0 aliphatic rings. The van der Waals surface area contributed by atoms with E-state index in [2.05, 4.69) is 13.8 Å². The van der Waals surface area contributed by atoms with E-state index in [4.69, 9.17) is 4.18 Å². The predicted octanol–water partition coefficient (Wildman–Crippen LogP) is 5.82. The van der Waals surface area contributed by atoms with E-state index in [1.807, 2.05) is 45.9 Å². The molecule has 0 saturated carbocycles. The van der Waals surface area contributed by atoms with Crippen LogP contribution in [0.5, 0.6) is 5.75 Å². The van der Waals surface area contributed by atoms with Crippen LogP contribution in [-0.2, 0) is 10.1 Å². The number of benzene rings is 2. The molecule has 0 amide bonds. The van der Waals surface area contributed by atoms with Crippen LogP contribution in [0.1, 0.15) is 76.0 Å². The highest BCUT2D eigenvalue weighted by molar-refractivity contribution is 7.87. The standard InChI is InChI=1S/C21H28O3S/c1-14(2)17-12-19(15(3)4)21(20(13-17)16(5)6)25(22,23)24-18-10-8-7-9-11-18/h7-16H,1-6H3. The topological polar surface area (TPSA) is 43.4 Å². The van der Waals surface area contributed by atoms with Gasteiger partial charge in [0.1, 0.15) is 10.6 Å². The Morgan fingerprint density at radius 1 is 0.760 bits per heavy atom. The molecular formula is C21H28O3S. The first kappa shape index (κ1) is 19.5. The minimum atomic E-state index is -3.91. The molecule has 0 radical (unpaired) electrons. The molecule has 2 rings (SSSR count). The van der Waals surface area contributed by atoms with E-state index < -0.39 is 10.1 Å². The summed E-state index contributed by atoms with van der Waals surface area (Å²) in [6.45, 7) is 12.3. The average Bonchev–Trinajstić information content (AvgIpc) is 2.53. The fraction of sp³-hybridized carbons (Fsp3) is 0.429. The van der Waals surface area contributed by atoms with Crippen LogP contribution < -0.4 is 4.18 Å². The Morgan fingerprint density at radius 3 is 1.64 bits per heavy atom. The highest BCUT2D eigenvalue weighted by Crippen LogP contribution is 2.36. The molecule has 0 spiro atoms. The zero-order chi connectivity index (χ0) is 18.8. The molecule has 0 heterocycles. The van der Waals surface area contributed by atoms with Crippen LogP contribution in [0.25, 0.3) is 0 Å². The molecule has 4 heteroatoms. The molecule has 0 unspecified atom stereocenters. The van der Waals surface area contributed by atoms with Gasteiger partial charge in [-0.2, -0.15) is 8.42 Å². The van der Waals surface area contributed by atoms with Crippen LogP contribution in [-0.4, -0.2) is 8.42 Å². The van der Waals surface area contributed by atoms with E-state index in [9.17, 15) is 8.42 Å². The van der Waals surface area contributed by atoms with Crippen molar-refractivity contribution in [2.45, 2.75) is 64.2 Å². The van der Waals surface area contributed by atoms with Crippen LogP contribution in [0.2, 0.25) is 0 Å². The SMILES string of the molecule is CC(C)c1cc(C(C)C)c(S(=O)(=O)Oc2ccccc2)c(C(C)C)c1. The Balaban J connectivity index is 2.69. The molecule has 0 N–H and O–H groups in total. The monoisotopic (exact) mass is 360 g/mol. The quantitative estimate of drug-likeness (QED) is 0.609. The van der Waals surface area contributed by atoms with Crippen molar-refractivity contribution in [2.24, 2.45) is 0 Å². The fourth-order valence-corrected chi connectivity index (χ4v) is 4.44. The van der Waals surface area contributed by atoms with Gasteiger partial charge in [0.15, 0.2) is 0 Å². The number of hydrogen-bond acceptors (Lipinski definition) is 3. The van der Waals surface area contributed by atoms with Gasteiger partial charge in [-0.15, -0.1) is 0 Å². The summed E-state index contributed by atoms with van der Waals surface area (Å²) in [5.41, 5.74) is 2.81. The molecular weight excluding hydrogens is 332 g/mol. The molecule has 3 nitrogen and oxygen atoms in total. The van der Waals surface area contributed by atoms with Gasteiger partial charge < -0.3 is 4.18 Å². The van der Waals surface area contributed by atoms with Crippen molar-refractivity contribution in [2.75, 3.05) is 0 Å². The summed E-state index contributed by atoms with van der Waals surface area (Å²) in [5.74, 6) is 0.836. The second-order valence-electron chi connectivity index (χ2n) is 7.34. The minimum Gasteiger partial charge on any atom is -0.379 e. The Kier molecular flexibility index (Phi) is 5.94. The Bertz CT molecular complexity index is 790. The molecule has 0 aliphatic carbocycles. The minimum absolute atomic E-state index is 0.0837. The molecule has 2 aromatic carbocycles. The highest BCUT2D eigenvalue weighted by Gasteiger charge is 2.28. The third-order valence-corrected chi connectivity index (χ3v) is 5.66. The highest BCUT2D eigenvalue weighted by atomic mass is 32.2. The summed E-state index contributed by atoms with van der Waals surface area (Å²) in [7, 11) is -3.91. The third-order valence-electron chi connectivity index (χ3n) is 4.28. The fourth-order valence-electron chi connectivity index (χ4n) is 2.82. The van der Waals surface area contributed by atoms with Crippen LogP contribution >= 0.6 is 0 Å². The van der Waals surface area contributed by atoms with E-state index in [-0.39, 0.29) is 11.8 Å². The molecule has 0 aromatic heterocycles. The van der Waals surface area contributed by atoms with Gasteiger partial charge in [-0.3, -0.25) is 0 Å². The van der Waals surface area contributed by atoms with Crippen molar-refractivity contribution in [1.82, 2.24) is 0 Å². The zero-order valence-electron chi connectivity index (χ0n) is 15.9. The molecule has 25 heavy (non-hydrogen) atoms. The van der Waals surface area contributed by atoms with E-state index in [1.54, 1.807) is 24.3 Å². The number of hydrogen-bond donors (Lipinski definition) is 0. The second-order valence-corrected chi connectivity index (χ2v) is 8.83. The van der Waals surface area contributed by atoms with Crippen molar-refractivity contribution in [3.63, 3.8) is 0 Å². The Labute approximate surface area is 152 Å². The maximum atomic E-state index is 13.1. The molecule has 0 atom stereocenters. The van der Waals surface area contributed by atoms with Crippen molar-refractivity contribution in [1.29, 1.82) is 0 Å². The van der Waals surface area contributed by atoms with Gasteiger partial charge >= 0.3 is 10.1 Å². The molecule has 0 aliphatic heterocycles. The van der Waals surface area contributed by atoms with Crippen LogP contribution in [0, 0.1) is 0 Å². The normalized spacial score (nSPS) is 12.2. The van der Waals surface area contributed by atoms with Gasteiger partial charge in [-0.25, -0.2) is 0 Å². The van der Waals surface area contributed by atoms with Gasteiger partial charge in [-0.05, 0) is 46.6 Å². The smallest absolute Gasteiger partial charge is 0.339 e. The first-order valence-corrected chi connectivity index (χ1v) is 10.2. The lowest BCUT2D eigenvalue weighted by molar-refractivity contribution is 0.482. The lowest BCUT2D eigenvalue weighted by Gasteiger charge is -2.22.